The lowest BCUT2D eigenvalue weighted by Crippen LogP contribution is -1.96. The minimum Gasteiger partial charge on any atom is -0.453 e. The standard InChI is InChI=1S/C20H16ClN3O/c1-14-16(21)10-6-11-17(14)25-18-12-7-13-24-19(22-23-20(18)24)15-8-4-2-3-5-9-15/h2-8,10-13H,9H2,1H3. The van der Waals surface area contributed by atoms with Crippen molar-refractivity contribution >= 4 is 22.8 Å². The van der Waals surface area contributed by atoms with Crippen LogP contribution in [0, 0.1) is 6.92 Å². The summed E-state index contributed by atoms with van der Waals surface area (Å²) in [6, 6.07) is 9.42. The third-order valence-corrected chi connectivity index (χ3v) is 4.53. The molecule has 2 heterocycles. The summed E-state index contributed by atoms with van der Waals surface area (Å²) >= 11 is 6.19. The molecular formula is C20H16ClN3O. The van der Waals surface area contributed by atoms with Gasteiger partial charge in [0.25, 0.3) is 0 Å². The Morgan fingerprint density at radius 3 is 2.84 bits per heavy atom. The first-order chi connectivity index (χ1) is 12.2. The molecule has 25 heavy (non-hydrogen) atoms. The summed E-state index contributed by atoms with van der Waals surface area (Å²) in [7, 11) is 0. The molecular weight excluding hydrogens is 334 g/mol. The van der Waals surface area contributed by atoms with E-state index in [1.54, 1.807) is 0 Å². The van der Waals surface area contributed by atoms with Crippen LogP contribution in [0.4, 0.5) is 0 Å². The van der Waals surface area contributed by atoms with Crippen LogP contribution in [0.2, 0.25) is 5.02 Å². The molecule has 4 rings (SSSR count). The fraction of sp³-hybridized carbons (Fsp3) is 0.100. The Balaban J connectivity index is 1.77. The molecule has 0 spiro atoms. The van der Waals surface area contributed by atoms with E-state index in [1.807, 2.05) is 66.1 Å². The minimum absolute atomic E-state index is 0.645. The Bertz CT molecular complexity index is 1030. The predicted octanol–water partition coefficient (Wildman–Crippen LogP) is 5.38. The van der Waals surface area contributed by atoms with Crippen molar-refractivity contribution in [2.24, 2.45) is 0 Å². The number of hydrogen-bond acceptors (Lipinski definition) is 3. The zero-order chi connectivity index (χ0) is 17.2. The highest BCUT2D eigenvalue weighted by Gasteiger charge is 2.14. The fourth-order valence-corrected chi connectivity index (χ4v) is 2.92. The van der Waals surface area contributed by atoms with Gasteiger partial charge in [0.15, 0.2) is 11.6 Å². The van der Waals surface area contributed by atoms with Crippen molar-refractivity contribution < 1.29 is 4.74 Å². The summed E-state index contributed by atoms with van der Waals surface area (Å²) in [6.07, 6.45) is 13.0. The number of ether oxygens (including phenoxy) is 1. The van der Waals surface area contributed by atoms with Crippen LogP contribution < -0.4 is 4.74 Å². The lowest BCUT2D eigenvalue weighted by Gasteiger charge is -2.10. The van der Waals surface area contributed by atoms with Crippen molar-refractivity contribution in [2.75, 3.05) is 0 Å². The summed E-state index contributed by atoms with van der Waals surface area (Å²) in [5.74, 6) is 2.18. The number of hydrogen-bond donors (Lipinski definition) is 0. The van der Waals surface area contributed by atoms with Crippen LogP contribution in [0.15, 0.2) is 66.9 Å². The van der Waals surface area contributed by atoms with E-state index in [1.165, 1.54) is 0 Å². The maximum atomic E-state index is 6.19. The second-order valence-electron chi connectivity index (χ2n) is 5.76. The van der Waals surface area contributed by atoms with Crippen LogP contribution in [0.25, 0.3) is 11.2 Å². The van der Waals surface area contributed by atoms with Crippen LogP contribution in [0.3, 0.4) is 0 Å². The first-order valence-corrected chi connectivity index (χ1v) is 8.41. The largest absolute Gasteiger partial charge is 0.453 e. The summed E-state index contributed by atoms with van der Waals surface area (Å²) in [5.41, 5.74) is 2.68. The number of fused-ring (bicyclic) bond motifs is 1. The van der Waals surface area contributed by atoms with Crippen LogP contribution in [0.5, 0.6) is 11.5 Å². The maximum absolute atomic E-state index is 6.19. The summed E-state index contributed by atoms with van der Waals surface area (Å²) in [4.78, 5) is 0. The second kappa shape index (κ2) is 6.57. The smallest absolute Gasteiger partial charge is 0.204 e. The minimum atomic E-state index is 0.645. The molecule has 0 atom stereocenters. The number of halogens is 1. The van der Waals surface area contributed by atoms with Gasteiger partial charge in [0.1, 0.15) is 5.75 Å². The molecule has 0 unspecified atom stereocenters. The fourth-order valence-electron chi connectivity index (χ4n) is 2.75. The monoisotopic (exact) mass is 349 g/mol. The van der Waals surface area contributed by atoms with Gasteiger partial charge in [-0.3, -0.25) is 4.40 Å². The summed E-state index contributed by atoms with van der Waals surface area (Å²) < 4.78 is 8.03. The Morgan fingerprint density at radius 1 is 1.04 bits per heavy atom. The van der Waals surface area contributed by atoms with Gasteiger partial charge in [-0.1, -0.05) is 48.0 Å². The lowest BCUT2D eigenvalue weighted by molar-refractivity contribution is 0.481. The second-order valence-corrected chi connectivity index (χ2v) is 6.17. The molecule has 3 aromatic rings. The van der Waals surface area contributed by atoms with Crippen LogP contribution in [-0.4, -0.2) is 14.6 Å². The molecule has 0 radical (unpaired) electrons. The van der Waals surface area contributed by atoms with Crippen LogP contribution >= 0.6 is 11.6 Å². The Hall–Kier alpha value is -2.85. The van der Waals surface area contributed by atoms with Crippen LogP contribution in [-0.2, 0) is 0 Å². The first kappa shape index (κ1) is 15.7. The average Bonchev–Trinajstić information content (AvgIpc) is 2.87. The van der Waals surface area contributed by atoms with E-state index in [0.717, 1.165) is 23.4 Å². The van der Waals surface area contributed by atoms with Gasteiger partial charge in [-0.25, -0.2) is 0 Å². The third-order valence-electron chi connectivity index (χ3n) is 4.12. The zero-order valence-electron chi connectivity index (χ0n) is 13.7. The molecule has 2 aromatic heterocycles. The highest BCUT2D eigenvalue weighted by Crippen LogP contribution is 2.32. The molecule has 0 saturated carbocycles. The van der Waals surface area contributed by atoms with Gasteiger partial charge >= 0.3 is 0 Å². The van der Waals surface area contributed by atoms with Gasteiger partial charge in [-0.05, 0) is 37.6 Å². The lowest BCUT2D eigenvalue weighted by atomic mass is 10.1. The maximum Gasteiger partial charge on any atom is 0.204 e. The van der Waals surface area contributed by atoms with Crippen molar-refractivity contribution in [3.8, 4) is 11.5 Å². The number of pyridine rings is 1. The average molecular weight is 350 g/mol. The number of benzene rings is 1. The van der Waals surface area contributed by atoms with E-state index in [2.05, 4.69) is 22.3 Å². The van der Waals surface area contributed by atoms with E-state index in [0.29, 0.717) is 22.2 Å². The van der Waals surface area contributed by atoms with Gasteiger partial charge in [-0.15, -0.1) is 10.2 Å². The van der Waals surface area contributed by atoms with Gasteiger partial charge < -0.3 is 4.74 Å². The van der Waals surface area contributed by atoms with Gasteiger partial charge in [0, 0.05) is 22.4 Å². The van der Waals surface area contributed by atoms with Gasteiger partial charge in [0.05, 0.1) is 0 Å². The number of allylic oxidation sites excluding steroid dienone is 6. The molecule has 0 aliphatic heterocycles. The molecule has 0 bridgehead atoms. The molecule has 1 aromatic carbocycles. The van der Waals surface area contributed by atoms with E-state index >= 15 is 0 Å². The molecule has 0 fully saturated rings. The molecule has 0 saturated heterocycles. The quantitative estimate of drug-likeness (QED) is 0.637. The van der Waals surface area contributed by atoms with Crippen molar-refractivity contribution in [1.29, 1.82) is 0 Å². The molecule has 0 N–H and O–H groups in total. The normalized spacial score (nSPS) is 13.8. The van der Waals surface area contributed by atoms with Gasteiger partial charge in [-0.2, -0.15) is 0 Å². The Morgan fingerprint density at radius 2 is 1.92 bits per heavy atom. The van der Waals surface area contributed by atoms with Crippen molar-refractivity contribution in [2.45, 2.75) is 13.3 Å². The van der Waals surface area contributed by atoms with Crippen molar-refractivity contribution in [3.05, 3.63) is 83.3 Å². The molecule has 1 aliphatic carbocycles. The number of nitrogens with zero attached hydrogens (tertiary/aromatic N) is 3. The van der Waals surface area contributed by atoms with Gasteiger partial charge in [0.2, 0.25) is 5.65 Å². The molecule has 124 valence electrons. The Kier molecular flexibility index (Phi) is 4.12. The van der Waals surface area contributed by atoms with Crippen molar-refractivity contribution in [3.63, 3.8) is 0 Å². The summed E-state index contributed by atoms with van der Waals surface area (Å²) in [5, 5.41) is 9.39. The van der Waals surface area contributed by atoms with E-state index in [-0.39, 0.29) is 0 Å². The Labute approximate surface area is 150 Å². The topological polar surface area (TPSA) is 39.4 Å². The van der Waals surface area contributed by atoms with Crippen molar-refractivity contribution in [1.82, 2.24) is 14.6 Å². The number of aromatic nitrogens is 3. The highest BCUT2D eigenvalue weighted by atomic mass is 35.5. The predicted molar refractivity (Wildman–Crippen MR) is 100 cm³/mol. The van der Waals surface area contributed by atoms with E-state index in [4.69, 9.17) is 16.3 Å². The third kappa shape index (κ3) is 2.96. The van der Waals surface area contributed by atoms with E-state index < -0.39 is 0 Å². The molecule has 0 amide bonds. The first-order valence-electron chi connectivity index (χ1n) is 8.03. The highest BCUT2D eigenvalue weighted by molar-refractivity contribution is 6.31. The molecule has 4 nitrogen and oxygen atoms in total. The zero-order valence-corrected chi connectivity index (χ0v) is 14.4. The molecule has 1 aliphatic rings. The van der Waals surface area contributed by atoms with Crippen LogP contribution in [0.1, 0.15) is 17.8 Å². The van der Waals surface area contributed by atoms with E-state index in [9.17, 15) is 0 Å². The SMILES string of the molecule is Cc1c(Cl)cccc1Oc1cccn2c(C3=CC=CC=CC3)nnc12. The summed E-state index contributed by atoms with van der Waals surface area (Å²) in [6.45, 7) is 1.93. The number of rotatable bonds is 3. The molecule has 5 heteroatoms.